The lowest BCUT2D eigenvalue weighted by atomic mass is 10.1. The number of nitrogens with zero attached hydrogens (tertiary/aromatic N) is 1. The van der Waals surface area contributed by atoms with Crippen LogP contribution in [0, 0.1) is 25.2 Å². The van der Waals surface area contributed by atoms with E-state index in [2.05, 4.69) is 5.32 Å². The van der Waals surface area contributed by atoms with E-state index in [0.717, 1.165) is 16.7 Å². The smallest absolute Gasteiger partial charge is 0.266 e. The fourth-order valence-corrected chi connectivity index (χ4v) is 3.20. The molecule has 32 heavy (non-hydrogen) atoms. The molecule has 0 aliphatic heterocycles. The topological polar surface area (TPSA) is 71.3 Å². The molecule has 0 atom stereocenters. The van der Waals surface area contributed by atoms with Crippen molar-refractivity contribution in [2.45, 2.75) is 20.5 Å². The summed E-state index contributed by atoms with van der Waals surface area (Å²) in [6, 6.07) is 20.2. The number of nitriles is 1. The van der Waals surface area contributed by atoms with E-state index in [0.29, 0.717) is 27.8 Å². The Hall–Kier alpha value is -3.75. The van der Waals surface area contributed by atoms with Crippen LogP contribution < -0.4 is 14.8 Å². The fraction of sp³-hybridized carbons (Fsp3) is 0.154. The average Bonchev–Trinajstić information content (AvgIpc) is 2.80. The molecule has 6 heteroatoms. The molecule has 0 bridgehead atoms. The number of halogens is 1. The highest BCUT2D eigenvalue weighted by atomic mass is 35.5. The van der Waals surface area contributed by atoms with Crippen molar-refractivity contribution in [3.8, 4) is 17.6 Å². The molecule has 3 rings (SSSR count). The van der Waals surface area contributed by atoms with Crippen LogP contribution >= 0.6 is 11.6 Å². The third-order valence-corrected chi connectivity index (χ3v) is 5.30. The summed E-state index contributed by atoms with van der Waals surface area (Å²) in [6.07, 6.45) is 1.50. The predicted octanol–water partition coefficient (Wildman–Crippen LogP) is 6.09. The van der Waals surface area contributed by atoms with E-state index in [1.54, 1.807) is 36.4 Å². The van der Waals surface area contributed by atoms with Crippen molar-refractivity contribution in [2.24, 2.45) is 0 Å². The van der Waals surface area contributed by atoms with Crippen LogP contribution in [-0.2, 0) is 11.4 Å². The minimum absolute atomic E-state index is 0.0458. The summed E-state index contributed by atoms with van der Waals surface area (Å²) in [5, 5.41) is 13.1. The zero-order chi connectivity index (χ0) is 23.1. The Kier molecular flexibility index (Phi) is 7.54. The minimum Gasteiger partial charge on any atom is -0.493 e. The highest BCUT2D eigenvalue weighted by Crippen LogP contribution is 2.33. The van der Waals surface area contributed by atoms with Crippen molar-refractivity contribution in [3.05, 3.63) is 93.5 Å². The summed E-state index contributed by atoms with van der Waals surface area (Å²) >= 11 is 5.94. The van der Waals surface area contributed by atoms with Crippen LogP contribution in [0.15, 0.2) is 66.2 Å². The van der Waals surface area contributed by atoms with E-state index >= 15 is 0 Å². The molecule has 0 heterocycles. The Labute approximate surface area is 192 Å². The molecule has 162 valence electrons. The van der Waals surface area contributed by atoms with E-state index in [-0.39, 0.29) is 12.2 Å². The Bertz CT molecular complexity index is 1190. The average molecular weight is 447 g/mol. The van der Waals surface area contributed by atoms with Gasteiger partial charge >= 0.3 is 0 Å². The largest absolute Gasteiger partial charge is 0.493 e. The number of para-hydroxylation sites is 1. The van der Waals surface area contributed by atoms with Crippen LogP contribution in [0.1, 0.15) is 22.3 Å². The first kappa shape index (κ1) is 22.9. The zero-order valence-electron chi connectivity index (χ0n) is 18.1. The lowest BCUT2D eigenvalue weighted by Crippen LogP contribution is -2.14. The highest BCUT2D eigenvalue weighted by Gasteiger charge is 2.15. The molecule has 5 nitrogen and oxygen atoms in total. The van der Waals surface area contributed by atoms with Crippen LogP contribution in [0.5, 0.6) is 11.5 Å². The maximum Gasteiger partial charge on any atom is 0.266 e. The Morgan fingerprint density at radius 3 is 2.50 bits per heavy atom. The molecular weight excluding hydrogens is 424 g/mol. The number of hydrogen-bond donors (Lipinski definition) is 1. The number of methoxy groups -OCH3 is 1. The first-order valence-corrected chi connectivity index (χ1v) is 10.3. The summed E-state index contributed by atoms with van der Waals surface area (Å²) in [5.74, 6) is 0.449. The van der Waals surface area contributed by atoms with Gasteiger partial charge in [-0.2, -0.15) is 5.26 Å². The maximum absolute atomic E-state index is 12.8. The second-order valence-electron chi connectivity index (χ2n) is 7.17. The molecule has 1 N–H and O–H groups in total. The van der Waals surface area contributed by atoms with Crippen LogP contribution in [0.4, 0.5) is 5.69 Å². The number of ether oxygens (including phenoxy) is 2. The number of nitrogens with one attached hydrogen (secondary N) is 1. The van der Waals surface area contributed by atoms with E-state index in [4.69, 9.17) is 21.1 Å². The number of amides is 1. The molecule has 0 unspecified atom stereocenters. The molecule has 0 aliphatic carbocycles. The lowest BCUT2D eigenvalue weighted by molar-refractivity contribution is -0.112. The van der Waals surface area contributed by atoms with E-state index in [9.17, 15) is 10.1 Å². The van der Waals surface area contributed by atoms with Crippen LogP contribution in [0.3, 0.4) is 0 Å². The Morgan fingerprint density at radius 1 is 1.09 bits per heavy atom. The van der Waals surface area contributed by atoms with Crippen molar-refractivity contribution < 1.29 is 14.3 Å². The van der Waals surface area contributed by atoms with Crippen molar-refractivity contribution in [2.75, 3.05) is 12.4 Å². The summed E-state index contributed by atoms with van der Waals surface area (Å²) in [4.78, 5) is 12.8. The second kappa shape index (κ2) is 10.5. The normalized spacial score (nSPS) is 10.9. The standard InChI is InChI=1S/C26H23ClN2O3/c1-17-6-4-8-23(18(17)2)29-26(30)21(15-28)14-20-7-5-9-24(31-3)25(20)32-16-19-10-12-22(27)13-11-19/h4-14H,16H2,1-3H3,(H,29,30)/b21-14+. The number of carbonyl (C=O) groups is 1. The molecular formula is C26H23ClN2O3. The first-order valence-electron chi connectivity index (χ1n) is 9.96. The quantitative estimate of drug-likeness (QED) is 0.352. The molecule has 0 saturated heterocycles. The number of aryl methyl sites for hydroxylation is 1. The first-order chi connectivity index (χ1) is 15.4. The van der Waals surface area contributed by atoms with Gasteiger partial charge in [-0.3, -0.25) is 4.79 Å². The number of rotatable bonds is 7. The van der Waals surface area contributed by atoms with Crippen molar-refractivity contribution >= 4 is 29.3 Å². The Balaban J connectivity index is 1.89. The summed E-state index contributed by atoms with van der Waals surface area (Å²) < 4.78 is 11.4. The number of hydrogen-bond acceptors (Lipinski definition) is 4. The number of anilines is 1. The van der Waals surface area contributed by atoms with E-state index < -0.39 is 5.91 Å². The van der Waals surface area contributed by atoms with Crippen molar-refractivity contribution in [3.63, 3.8) is 0 Å². The third-order valence-electron chi connectivity index (χ3n) is 5.04. The van der Waals surface area contributed by atoms with Crippen molar-refractivity contribution in [1.29, 1.82) is 5.26 Å². The van der Waals surface area contributed by atoms with Gasteiger partial charge in [-0.05, 0) is 60.9 Å². The third kappa shape index (κ3) is 5.48. The maximum atomic E-state index is 12.8. The molecule has 0 aliphatic rings. The zero-order valence-corrected chi connectivity index (χ0v) is 18.9. The van der Waals surface area contributed by atoms with Gasteiger partial charge in [0, 0.05) is 16.3 Å². The molecule has 1 amide bonds. The molecule has 0 spiro atoms. The van der Waals surface area contributed by atoms with Crippen LogP contribution in [0.2, 0.25) is 5.02 Å². The van der Waals surface area contributed by atoms with Crippen molar-refractivity contribution in [1.82, 2.24) is 0 Å². The van der Waals surface area contributed by atoms with Gasteiger partial charge in [0.2, 0.25) is 0 Å². The van der Waals surface area contributed by atoms with Gasteiger partial charge in [0.25, 0.3) is 5.91 Å². The van der Waals surface area contributed by atoms with Gasteiger partial charge in [0.1, 0.15) is 18.2 Å². The number of benzene rings is 3. The summed E-state index contributed by atoms with van der Waals surface area (Å²) in [7, 11) is 1.54. The Morgan fingerprint density at radius 2 is 1.81 bits per heavy atom. The van der Waals surface area contributed by atoms with Gasteiger partial charge in [0.05, 0.1) is 7.11 Å². The second-order valence-corrected chi connectivity index (χ2v) is 7.60. The summed E-state index contributed by atoms with van der Waals surface area (Å²) in [5.41, 5.74) is 4.10. The SMILES string of the molecule is COc1cccc(/C=C(\C#N)C(=O)Nc2cccc(C)c2C)c1OCc1ccc(Cl)cc1. The van der Waals surface area contributed by atoms with Gasteiger partial charge in [0.15, 0.2) is 11.5 Å². The predicted molar refractivity (Wildman–Crippen MR) is 127 cm³/mol. The van der Waals surface area contributed by atoms with Gasteiger partial charge < -0.3 is 14.8 Å². The van der Waals surface area contributed by atoms with Gasteiger partial charge in [-0.25, -0.2) is 0 Å². The van der Waals surface area contributed by atoms with Gasteiger partial charge in [-0.15, -0.1) is 0 Å². The van der Waals surface area contributed by atoms with Crippen LogP contribution in [-0.4, -0.2) is 13.0 Å². The lowest BCUT2D eigenvalue weighted by Gasteiger charge is -2.14. The van der Waals surface area contributed by atoms with E-state index in [1.165, 1.54) is 13.2 Å². The molecule has 0 fully saturated rings. The summed E-state index contributed by atoms with van der Waals surface area (Å²) in [6.45, 7) is 4.16. The molecule has 3 aromatic rings. The fourth-order valence-electron chi connectivity index (χ4n) is 3.08. The molecule has 0 radical (unpaired) electrons. The highest BCUT2D eigenvalue weighted by molar-refractivity contribution is 6.30. The molecule has 0 aromatic heterocycles. The van der Waals surface area contributed by atoms with Crippen LogP contribution in [0.25, 0.3) is 6.08 Å². The van der Waals surface area contributed by atoms with Gasteiger partial charge in [-0.1, -0.05) is 48.0 Å². The molecule has 0 saturated carbocycles. The molecule has 3 aromatic carbocycles. The van der Waals surface area contributed by atoms with E-state index in [1.807, 2.05) is 44.2 Å². The monoisotopic (exact) mass is 446 g/mol. The minimum atomic E-state index is -0.493. The number of carbonyl (C=O) groups excluding carboxylic acids is 1.